The molecule has 1 unspecified atom stereocenters. The summed E-state index contributed by atoms with van der Waals surface area (Å²) in [6, 6.07) is 18.6. The Hall–Kier alpha value is -5.07. The van der Waals surface area contributed by atoms with E-state index in [1.165, 1.54) is 0 Å². The van der Waals surface area contributed by atoms with Crippen molar-refractivity contribution < 1.29 is 19.1 Å². The SMILES string of the molecule is C=C(C(=O)N(C)Cc1cccc([C@@H]2c3cnn(-c4ccccc4)c3N(CC)C(=O)[C@H]2NC(=O)c2ccn(C3CC3)n2)c1)C(C)N1CCCCOC1. The number of nitrogens with one attached hydrogen (secondary N) is 1. The summed E-state index contributed by atoms with van der Waals surface area (Å²) in [5.41, 5.74) is 4.15. The highest BCUT2D eigenvalue weighted by molar-refractivity contribution is 6.04. The molecule has 7 rings (SSSR count). The van der Waals surface area contributed by atoms with Gasteiger partial charge in [-0.25, -0.2) is 4.68 Å². The number of hydrogen-bond donors (Lipinski definition) is 1. The number of aromatic nitrogens is 4. The van der Waals surface area contributed by atoms with E-state index in [4.69, 9.17) is 9.84 Å². The van der Waals surface area contributed by atoms with Crippen LogP contribution in [-0.4, -0.2) is 92.6 Å². The number of carbonyl (C=O) groups excluding carboxylic acids is 3. The Morgan fingerprint density at radius 1 is 1.10 bits per heavy atom. The number of carbonyl (C=O) groups is 3. The van der Waals surface area contributed by atoms with Crippen LogP contribution in [-0.2, 0) is 20.9 Å². The molecule has 12 nitrogen and oxygen atoms in total. The standard InChI is InChI=1S/C39H46N8O4/c1-5-45-37-32(23-40-47(37)31-14-7-6-8-15-31)34(35(39(45)50)41-36(48)33-18-20-46(42-33)30-16-17-30)29-13-11-12-28(22-29)24-43(4)38(49)26(2)27(3)44-19-9-10-21-51-25-44/h6-8,11-15,18,20,22-23,27,30,34-35H,2,5,9-10,16-17,19,21,24-25H2,1,3-4H3,(H,41,48)/t27?,34-,35+/m1/s1. The average Bonchev–Trinajstić information content (AvgIpc) is 3.82. The van der Waals surface area contributed by atoms with Gasteiger partial charge in [0, 0.05) is 62.6 Å². The second kappa shape index (κ2) is 14.7. The van der Waals surface area contributed by atoms with Gasteiger partial charge in [0.05, 0.1) is 24.7 Å². The van der Waals surface area contributed by atoms with Crippen LogP contribution < -0.4 is 10.2 Å². The minimum atomic E-state index is -0.921. The van der Waals surface area contributed by atoms with Gasteiger partial charge < -0.3 is 15.0 Å². The molecule has 2 aliphatic heterocycles. The molecule has 266 valence electrons. The fourth-order valence-corrected chi connectivity index (χ4v) is 7.18. The van der Waals surface area contributed by atoms with Gasteiger partial charge in [-0.2, -0.15) is 10.2 Å². The summed E-state index contributed by atoms with van der Waals surface area (Å²) in [7, 11) is 1.78. The number of ether oxygens (including phenoxy) is 1. The van der Waals surface area contributed by atoms with Gasteiger partial charge in [0.15, 0.2) is 0 Å². The molecule has 3 aliphatic rings. The number of anilines is 1. The molecule has 4 heterocycles. The van der Waals surface area contributed by atoms with E-state index in [2.05, 4.69) is 21.9 Å². The van der Waals surface area contributed by atoms with E-state index in [1.807, 2.05) is 79.3 Å². The number of amides is 3. The summed E-state index contributed by atoms with van der Waals surface area (Å²) >= 11 is 0. The van der Waals surface area contributed by atoms with Crippen molar-refractivity contribution in [3.63, 3.8) is 0 Å². The minimum absolute atomic E-state index is 0.134. The van der Waals surface area contributed by atoms with Gasteiger partial charge in [-0.15, -0.1) is 0 Å². The highest BCUT2D eigenvalue weighted by Gasteiger charge is 2.44. The number of hydrogen-bond acceptors (Lipinski definition) is 7. The van der Waals surface area contributed by atoms with Gasteiger partial charge in [0.2, 0.25) is 0 Å². The molecule has 12 heteroatoms. The van der Waals surface area contributed by atoms with Crippen molar-refractivity contribution >= 4 is 23.5 Å². The first-order valence-corrected chi connectivity index (χ1v) is 17.9. The number of benzene rings is 2. The van der Waals surface area contributed by atoms with E-state index in [-0.39, 0.29) is 23.6 Å². The van der Waals surface area contributed by atoms with Crippen LogP contribution in [0.1, 0.15) is 78.7 Å². The molecule has 1 saturated heterocycles. The lowest BCUT2D eigenvalue weighted by atomic mass is 9.82. The molecule has 3 atom stereocenters. The number of para-hydroxylation sites is 1. The maximum absolute atomic E-state index is 14.5. The van der Waals surface area contributed by atoms with Crippen molar-refractivity contribution in [3.8, 4) is 5.69 Å². The lowest BCUT2D eigenvalue weighted by molar-refractivity contribution is -0.127. The molecule has 2 aromatic carbocycles. The van der Waals surface area contributed by atoms with Crippen LogP contribution in [0.3, 0.4) is 0 Å². The summed E-state index contributed by atoms with van der Waals surface area (Å²) in [4.78, 5) is 47.3. The molecule has 0 spiro atoms. The van der Waals surface area contributed by atoms with Crippen LogP contribution in [0.15, 0.2) is 85.2 Å². The normalized spacial score (nSPS) is 20.0. The molecule has 2 aromatic heterocycles. The zero-order valence-corrected chi connectivity index (χ0v) is 29.6. The summed E-state index contributed by atoms with van der Waals surface area (Å²) < 4.78 is 9.34. The van der Waals surface area contributed by atoms with Crippen LogP contribution in [0.4, 0.5) is 5.82 Å². The maximum atomic E-state index is 14.5. The van der Waals surface area contributed by atoms with E-state index in [9.17, 15) is 14.4 Å². The second-order valence-electron chi connectivity index (χ2n) is 13.8. The molecule has 1 N–H and O–H groups in total. The van der Waals surface area contributed by atoms with Crippen LogP contribution in [0.5, 0.6) is 0 Å². The molecule has 0 bridgehead atoms. The monoisotopic (exact) mass is 690 g/mol. The summed E-state index contributed by atoms with van der Waals surface area (Å²) in [5, 5.41) is 12.4. The average molecular weight is 691 g/mol. The Balaban J connectivity index is 1.20. The number of rotatable bonds is 11. The predicted molar refractivity (Wildman–Crippen MR) is 193 cm³/mol. The van der Waals surface area contributed by atoms with Gasteiger partial charge in [-0.05, 0) is 68.9 Å². The van der Waals surface area contributed by atoms with Crippen molar-refractivity contribution in [2.45, 2.75) is 70.1 Å². The Bertz CT molecular complexity index is 1910. The molecular weight excluding hydrogens is 644 g/mol. The summed E-state index contributed by atoms with van der Waals surface area (Å²) in [6.07, 6.45) is 7.74. The van der Waals surface area contributed by atoms with Crippen LogP contribution in [0.25, 0.3) is 5.69 Å². The Morgan fingerprint density at radius 3 is 2.67 bits per heavy atom. The highest BCUT2D eigenvalue weighted by Crippen LogP contribution is 2.42. The first-order valence-electron chi connectivity index (χ1n) is 17.9. The van der Waals surface area contributed by atoms with Crippen LogP contribution >= 0.6 is 0 Å². The lowest BCUT2D eigenvalue weighted by Crippen LogP contribution is -2.55. The highest BCUT2D eigenvalue weighted by atomic mass is 16.5. The molecule has 0 radical (unpaired) electrons. The molecule has 1 aliphatic carbocycles. The smallest absolute Gasteiger partial charge is 0.272 e. The zero-order chi connectivity index (χ0) is 35.6. The zero-order valence-electron chi connectivity index (χ0n) is 29.6. The lowest BCUT2D eigenvalue weighted by Gasteiger charge is -2.38. The molecule has 3 amide bonds. The van der Waals surface area contributed by atoms with E-state index < -0.39 is 17.9 Å². The Labute approximate surface area is 298 Å². The van der Waals surface area contributed by atoms with E-state index >= 15 is 0 Å². The molecule has 4 aromatic rings. The predicted octanol–water partition coefficient (Wildman–Crippen LogP) is 4.67. The number of likely N-dealkylation sites (N-methyl/N-ethyl adjacent to an activating group) is 2. The largest absolute Gasteiger partial charge is 0.366 e. The maximum Gasteiger partial charge on any atom is 0.272 e. The van der Waals surface area contributed by atoms with Gasteiger partial charge in [-0.1, -0.05) is 49.0 Å². The van der Waals surface area contributed by atoms with Gasteiger partial charge in [-0.3, -0.25) is 28.9 Å². The molecule has 51 heavy (non-hydrogen) atoms. The quantitative estimate of drug-likeness (QED) is 0.227. The van der Waals surface area contributed by atoms with Gasteiger partial charge in [0.25, 0.3) is 17.7 Å². The first-order chi connectivity index (χ1) is 24.7. The fraction of sp³-hybridized carbons (Fsp3) is 0.410. The van der Waals surface area contributed by atoms with Crippen molar-refractivity contribution in [3.05, 3.63) is 108 Å². The van der Waals surface area contributed by atoms with E-state index in [0.29, 0.717) is 37.3 Å². The van der Waals surface area contributed by atoms with Crippen molar-refractivity contribution in [1.29, 1.82) is 0 Å². The minimum Gasteiger partial charge on any atom is -0.366 e. The Morgan fingerprint density at radius 2 is 1.90 bits per heavy atom. The number of nitrogens with zero attached hydrogens (tertiary/aromatic N) is 7. The van der Waals surface area contributed by atoms with E-state index in [1.54, 1.807) is 33.8 Å². The summed E-state index contributed by atoms with van der Waals surface area (Å²) in [5.74, 6) is -0.658. The van der Waals surface area contributed by atoms with Gasteiger partial charge >= 0.3 is 0 Å². The molecule has 1 saturated carbocycles. The first kappa shape index (κ1) is 34.4. The van der Waals surface area contributed by atoms with Crippen molar-refractivity contribution in [2.75, 3.05) is 38.4 Å². The molecule has 2 fully saturated rings. The second-order valence-corrected chi connectivity index (χ2v) is 13.8. The molecular formula is C39H46N8O4. The summed E-state index contributed by atoms with van der Waals surface area (Å²) in [6.45, 7) is 10.9. The van der Waals surface area contributed by atoms with Crippen LogP contribution in [0, 0.1) is 0 Å². The topological polar surface area (TPSA) is 118 Å². The Kier molecular flexibility index (Phi) is 9.88. The van der Waals surface area contributed by atoms with Gasteiger partial charge in [0.1, 0.15) is 17.6 Å². The van der Waals surface area contributed by atoms with E-state index in [0.717, 1.165) is 61.2 Å². The van der Waals surface area contributed by atoms with Crippen LogP contribution in [0.2, 0.25) is 0 Å². The number of fused-ring (bicyclic) bond motifs is 1. The fourth-order valence-electron chi connectivity index (χ4n) is 7.18. The third-order valence-corrected chi connectivity index (χ3v) is 10.2. The third kappa shape index (κ3) is 6.98. The third-order valence-electron chi connectivity index (χ3n) is 10.2. The van der Waals surface area contributed by atoms with Crippen molar-refractivity contribution in [2.24, 2.45) is 0 Å². The van der Waals surface area contributed by atoms with Crippen molar-refractivity contribution in [1.82, 2.24) is 34.7 Å².